The van der Waals surface area contributed by atoms with Crippen LogP contribution in [0.3, 0.4) is 0 Å². The lowest BCUT2D eigenvalue weighted by Crippen LogP contribution is -2.26. The van der Waals surface area contributed by atoms with Crippen molar-refractivity contribution in [3.63, 3.8) is 0 Å². The van der Waals surface area contributed by atoms with Gasteiger partial charge in [-0.1, -0.05) is 18.2 Å². The van der Waals surface area contributed by atoms with Crippen LogP contribution in [0.4, 0.5) is 13.2 Å². The number of benzene rings is 2. The molecule has 0 heterocycles. The molecule has 0 bridgehead atoms. The first-order valence-electron chi connectivity index (χ1n) is 8.38. The van der Waals surface area contributed by atoms with Gasteiger partial charge in [-0.2, -0.15) is 0 Å². The molecule has 2 N–H and O–H groups in total. The van der Waals surface area contributed by atoms with Crippen molar-refractivity contribution in [2.75, 3.05) is 0 Å². The standard InChI is InChI=1S/C18H17F3N2O4S/c19-18(20,21)27-16-4-2-1-3-13(16)11-22-17(24)12-5-9-15(10-6-12)28(25,26)23-14-7-8-14/h1-6,9-10,14,23H,7-8,11H2,(H,22,24). The maximum absolute atomic E-state index is 12.4. The summed E-state index contributed by atoms with van der Waals surface area (Å²) >= 11 is 0. The number of carbonyl (C=O) groups excluding carboxylic acids is 1. The average Bonchev–Trinajstić information content (AvgIpc) is 3.43. The summed E-state index contributed by atoms with van der Waals surface area (Å²) in [5.41, 5.74) is 0.334. The summed E-state index contributed by atoms with van der Waals surface area (Å²) in [4.78, 5) is 12.3. The van der Waals surface area contributed by atoms with Crippen molar-refractivity contribution in [2.24, 2.45) is 0 Å². The molecular formula is C18H17F3N2O4S. The normalized spacial score (nSPS) is 14.5. The fraction of sp³-hybridized carbons (Fsp3) is 0.278. The van der Waals surface area contributed by atoms with E-state index in [2.05, 4.69) is 14.8 Å². The third kappa shape index (κ3) is 5.46. The Kier molecular flexibility index (Phi) is 5.61. The fourth-order valence-electron chi connectivity index (χ4n) is 2.43. The molecule has 0 unspecified atom stereocenters. The Balaban J connectivity index is 1.64. The lowest BCUT2D eigenvalue weighted by molar-refractivity contribution is -0.274. The third-order valence-corrected chi connectivity index (χ3v) is 5.50. The van der Waals surface area contributed by atoms with Crippen molar-refractivity contribution in [1.29, 1.82) is 0 Å². The van der Waals surface area contributed by atoms with Crippen LogP contribution in [0.25, 0.3) is 0 Å². The van der Waals surface area contributed by atoms with Gasteiger partial charge < -0.3 is 10.1 Å². The second-order valence-electron chi connectivity index (χ2n) is 6.26. The van der Waals surface area contributed by atoms with E-state index < -0.39 is 28.0 Å². The molecule has 2 aromatic carbocycles. The molecule has 0 radical (unpaired) electrons. The van der Waals surface area contributed by atoms with E-state index in [-0.39, 0.29) is 28.6 Å². The van der Waals surface area contributed by atoms with Crippen LogP contribution < -0.4 is 14.8 Å². The summed E-state index contributed by atoms with van der Waals surface area (Å²) in [6.45, 7) is -0.186. The molecule has 10 heteroatoms. The van der Waals surface area contributed by atoms with Gasteiger partial charge in [0.15, 0.2) is 0 Å². The number of carbonyl (C=O) groups is 1. The molecule has 0 atom stereocenters. The summed E-state index contributed by atoms with van der Waals surface area (Å²) in [5.74, 6) is -0.955. The van der Waals surface area contributed by atoms with E-state index in [1.807, 2.05) is 0 Å². The summed E-state index contributed by atoms with van der Waals surface area (Å²) in [6.07, 6.45) is -3.23. The molecule has 28 heavy (non-hydrogen) atoms. The van der Waals surface area contributed by atoms with Crippen molar-refractivity contribution in [1.82, 2.24) is 10.0 Å². The van der Waals surface area contributed by atoms with Gasteiger partial charge in [0.05, 0.1) is 4.90 Å². The second kappa shape index (κ2) is 7.80. The monoisotopic (exact) mass is 414 g/mol. The summed E-state index contributed by atoms with van der Waals surface area (Å²) in [6, 6.07) is 10.7. The Labute approximate surface area is 159 Å². The van der Waals surface area contributed by atoms with E-state index in [1.165, 1.54) is 42.5 Å². The van der Waals surface area contributed by atoms with Crippen LogP contribution in [0.5, 0.6) is 5.75 Å². The SMILES string of the molecule is O=C(NCc1ccccc1OC(F)(F)F)c1ccc(S(=O)(=O)NC2CC2)cc1. The maximum Gasteiger partial charge on any atom is 0.573 e. The second-order valence-corrected chi connectivity index (χ2v) is 7.97. The number of sulfonamides is 1. The van der Waals surface area contributed by atoms with Gasteiger partial charge in [0.25, 0.3) is 5.91 Å². The van der Waals surface area contributed by atoms with Gasteiger partial charge in [-0.3, -0.25) is 4.79 Å². The Morgan fingerprint density at radius 2 is 1.71 bits per heavy atom. The molecule has 0 aromatic heterocycles. The van der Waals surface area contributed by atoms with Gasteiger partial charge in [-0.05, 0) is 43.2 Å². The molecular weight excluding hydrogens is 397 g/mol. The predicted molar refractivity (Wildman–Crippen MR) is 94.1 cm³/mol. The van der Waals surface area contributed by atoms with Gasteiger partial charge in [0, 0.05) is 23.7 Å². The first kappa shape index (κ1) is 20.2. The third-order valence-electron chi connectivity index (χ3n) is 3.96. The van der Waals surface area contributed by atoms with Crippen molar-refractivity contribution in [3.8, 4) is 5.75 Å². The topological polar surface area (TPSA) is 84.5 Å². The minimum absolute atomic E-state index is 0.0352. The Morgan fingerprint density at radius 1 is 1.07 bits per heavy atom. The van der Waals surface area contributed by atoms with Crippen LogP contribution in [-0.4, -0.2) is 26.7 Å². The summed E-state index contributed by atoms with van der Waals surface area (Å²) in [5, 5.41) is 2.49. The van der Waals surface area contributed by atoms with E-state index in [9.17, 15) is 26.4 Å². The van der Waals surface area contributed by atoms with Gasteiger partial charge in [0.2, 0.25) is 10.0 Å². The number of rotatable bonds is 7. The number of hydrogen-bond donors (Lipinski definition) is 2. The van der Waals surface area contributed by atoms with Gasteiger partial charge in [0.1, 0.15) is 5.75 Å². The van der Waals surface area contributed by atoms with Gasteiger partial charge in [-0.15, -0.1) is 13.2 Å². The van der Waals surface area contributed by atoms with Gasteiger partial charge >= 0.3 is 6.36 Å². The van der Waals surface area contributed by atoms with Gasteiger partial charge in [-0.25, -0.2) is 13.1 Å². The average molecular weight is 414 g/mol. The van der Waals surface area contributed by atoms with E-state index >= 15 is 0 Å². The van der Waals surface area contributed by atoms with Crippen molar-refractivity contribution >= 4 is 15.9 Å². The highest BCUT2D eigenvalue weighted by atomic mass is 32.2. The van der Waals surface area contributed by atoms with Crippen LogP contribution in [0.15, 0.2) is 53.4 Å². The number of para-hydroxylation sites is 1. The molecule has 1 amide bonds. The molecule has 6 nitrogen and oxygen atoms in total. The van der Waals surface area contributed by atoms with Crippen LogP contribution >= 0.6 is 0 Å². The molecule has 0 spiro atoms. The number of ether oxygens (including phenoxy) is 1. The quantitative estimate of drug-likeness (QED) is 0.730. The molecule has 1 fully saturated rings. The molecule has 1 aliphatic carbocycles. The van der Waals surface area contributed by atoms with Crippen LogP contribution in [0.2, 0.25) is 0 Å². The number of halogens is 3. The van der Waals surface area contributed by atoms with Crippen molar-refractivity contribution in [2.45, 2.75) is 36.7 Å². The van der Waals surface area contributed by atoms with E-state index in [4.69, 9.17) is 0 Å². The summed E-state index contributed by atoms with van der Waals surface area (Å²) < 4.78 is 68.0. The van der Waals surface area contributed by atoms with Crippen LogP contribution in [0, 0.1) is 0 Å². The highest BCUT2D eigenvalue weighted by molar-refractivity contribution is 7.89. The van der Waals surface area contributed by atoms with E-state index in [0.29, 0.717) is 0 Å². The first-order valence-corrected chi connectivity index (χ1v) is 9.87. The molecule has 1 saturated carbocycles. The maximum atomic E-state index is 12.4. The minimum atomic E-state index is -4.84. The molecule has 1 aliphatic rings. The van der Waals surface area contributed by atoms with Crippen molar-refractivity contribution < 1.29 is 31.1 Å². The molecule has 3 rings (SSSR count). The molecule has 150 valence electrons. The largest absolute Gasteiger partial charge is 0.573 e. The highest BCUT2D eigenvalue weighted by Crippen LogP contribution is 2.26. The predicted octanol–water partition coefficient (Wildman–Crippen LogP) is 2.96. The lowest BCUT2D eigenvalue weighted by atomic mass is 10.2. The molecule has 0 saturated heterocycles. The Morgan fingerprint density at radius 3 is 2.32 bits per heavy atom. The van der Waals surface area contributed by atoms with E-state index in [0.717, 1.165) is 18.9 Å². The zero-order valence-corrected chi connectivity index (χ0v) is 15.3. The van der Waals surface area contributed by atoms with Crippen LogP contribution in [0.1, 0.15) is 28.8 Å². The lowest BCUT2D eigenvalue weighted by Gasteiger charge is -2.13. The zero-order valence-electron chi connectivity index (χ0n) is 14.5. The van der Waals surface area contributed by atoms with E-state index in [1.54, 1.807) is 0 Å². The number of alkyl halides is 3. The smallest absolute Gasteiger partial charge is 0.405 e. The molecule has 2 aromatic rings. The number of hydrogen-bond acceptors (Lipinski definition) is 4. The zero-order chi connectivity index (χ0) is 20.4. The first-order chi connectivity index (χ1) is 13.1. The van der Waals surface area contributed by atoms with Crippen LogP contribution in [-0.2, 0) is 16.6 Å². The number of nitrogens with one attached hydrogen (secondary N) is 2. The highest BCUT2D eigenvalue weighted by Gasteiger charge is 2.32. The fourth-order valence-corrected chi connectivity index (χ4v) is 3.73. The Hall–Kier alpha value is -2.59. The molecule has 0 aliphatic heterocycles. The Bertz CT molecular complexity index is 956. The number of amides is 1. The minimum Gasteiger partial charge on any atom is -0.405 e. The summed E-state index contributed by atoms with van der Waals surface area (Å²) in [7, 11) is -3.62. The van der Waals surface area contributed by atoms with Crippen molar-refractivity contribution in [3.05, 3.63) is 59.7 Å².